The zero-order valence-corrected chi connectivity index (χ0v) is 15.4. The van der Waals surface area contributed by atoms with Crippen LogP contribution in [0.4, 0.5) is 0 Å². The van der Waals surface area contributed by atoms with Crippen LogP contribution in [-0.2, 0) is 9.53 Å². The van der Waals surface area contributed by atoms with E-state index < -0.39 is 0 Å². The minimum absolute atomic E-state index is 0.00576. The second-order valence-corrected chi connectivity index (χ2v) is 9.57. The normalized spacial score (nSPS) is 51.0. The van der Waals surface area contributed by atoms with Gasteiger partial charge in [0, 0.05) is 11.8 Å². The van der Waals surface area contributed by atoms with Gasteiger partial charge in [-0.15, -0.1) is 0 Å². The second-order valence-electron chi connectivity index (χ2n) is 9.57. The van der Waals surface area contributed by atoms with E-state index >= 15 is 0 Å². The standard InChI is InChI=1S/C21H34O3/c1-20-9-7-15(24-12-11-22)13-14(20)3-4-16-17-5-6-19(23)21(17,2)10-8-18(16)20/h14-18,22H,3-13H2,1-2H3/t14-,15-,16-,17-,18-,20-,21-/m0/s1. The number of carbonyl (C=O) groups excluding carboxylic acids is 1. The van der Waals surface area contributed by atoms with E-state index in [2.05, 4.69) is 13.8 Å². The average Bonchev–Trinajstić information content (AvgIpc) is 2.88. The van der Waals surface area contributed by atoms with Crippen molar-refractivity contribution in [2.45, 2.75) is 77.7 Å². The lowest BCUT2D eigenvalue weighted by Crippen LogP contribution is -2.54. The molecule has 0 aromatic heterocycles. The molecule has 0 radical (unpaired) electrons. The zero-order valence-electron chi connectivity index (χ0n) is 15.4. The van der Waals surface area contributed by atoms with E-state index in [-0.39, 0.29) is 12.0 Å². The van der Waals surface area contributed by atoms with Crippen molar-refractivity contribution in [1.82, 2.24) is 0 Å². The Morgan fingerprint density at radius 1 is 1.08 bits per heavy atom. The lowest BCUT2D eigenvalue weighted by atomic mass is 9.45. The molecule has 24 heavy (non-hydrogen) atoms. The van der Waals surface area contributed by atoms with Crippen LogP contribution in [0, 0.1) is 34.5 Å². The van der Waals surface area contributed by atoms with E-state index in [1.807, 2.05) is 0 Å². The Hall–Kier alpha value is -0.410. The van der Waals surface area contributed by atoms with Crippen LogP contribution in [0.3, 0.4) is 0 Å². The molecule has 4 rings (SSSR count). The largest absolute Gasteiger partial charge is 0.394 e. The predicted octanol–water partition coefficient (Wildman–Crippen LogP) is 3.98. The summed E-state index contributed by atoms with van der Waals surface area (Å²) >= 11 is 0. The Kier molecular flexibility index (Phi) is 4.32. The first-order valence-corrected chi connectivity index (χ1v) is 10.2. The fourth-order valence-electron chi connectivity index (χ4n) is 7.36. The number of ether oxygens (including phenoxy) is 1. The number of hydrogen-bond donors (Lipinski definition) is 1. The Labute approximate surface area is 146 Å². The van der Waals surface area contributed by atoms with Crippen LogP contribution in [0.15, 0.2) is 0 Å². The van der Waals surface area contributed by atoms with Crippen molar-refractivity contribution >= 4 is 5.78 Å². The van der Waals surface area contributed by atoms with Gasteiger partial charge in [0.25, 0.3) is 0 Å². The smallest absolute Gasteiger partial charge is 0.139 e. The molecule has 0 saturated heterocycles. The third-order valence-corrected chi connectivity index (χ3v) is 8.77. The highest BCUT2D eigenvalue weighted by Crippen LogP contribution is 2.65. The van der Waals surface area contributed by atoms with Gasteiger partial charge in [0.2, 0.25) is 0 Å². The molecule has 3 heteroatoms. The highest BCUT2D eigenvalue weighted by molar-refractivity contribution is 5.87. The molecule has 136 valence electrons. The summed E-state index contributed by atoms with van der Waals surface area (Å²) in [7, 11) is 0. The van der Waals surface area contributed by atoms with Crippen molar-refractivity contribution in [3.63, 3.8) is 0 Å². The third kappa shape index (κ3) is 2.41. The Morgan fingerprint density at radius 3 is 2.71 bits per heavy atom. The van der Waals surface area contributed by atoms with Gasteiger partial charge >= 0.3 is 0 Å². The summed E-state index contributed by atoms with van der Waals surface area (Å²) in [5.74, 6) is 3.59. The van der Waals surface area contributed by atoms with Crippen LogP contribution in [0.1, 0.15) is 71.6 Å². The number of ketones is 1. The fourth-order valence-corrected chi connectivity index (χ4v) is 7.36. The van der Waals surface area contributed by atoms with Gasteiger partial charge in [-0.1, -0.05) is 13.8 Å². The third-order valence-electron chi connectivity index (χ3n) is 8.77. The van der Waals surface area contributed by atoms with E-state index in [4.69, 9.17) is 9.84 Å². The number of aliphatic hydroxyl groups excluding tert-OH is 1. The molecule has 4 fully saturated rings. The minimum Gasteiger partial charge on any atom is -0.394 e. The van der Waals surface area contributed by atoms with Crippen molar-refractivity contribution in [3.8, 4) is 0 Å². The fraction of sp³-hybridized carbons (Fsp3) is 0.952. The highest BCUT2D eigenvalue weighted by atomic mass is 16.5. The minimum atomic E-state index is 0.00576. The van der Waals surface area contributed by atoms with Gasteiger partial charge in [-0.2, -0.15) is 0 Å². The Balaban J connectivity index is 1.51. The summed E-state index contributed by atoms with van der Waals surface area (Å²) in [4.78, 5) is 12.5. The highest BCUT2D eigenvalue weighted by Gasteiger charge is 2.60. The van der Waals surface area contributed by atoms with Crippen LogP contribution in [0.5, 0.6) is 0 Å². The van der Waals surface area contributed by atoms with E-state index in [0.29, 0.717) is 29.8 Å². The van der Waals surface area contributed by atoms with Crippen LogP contribution >= 0.6 is 0 Å². The molecular formula is C21H34O3. The van der Waals surface area contributed by atoms with Crippen LogP contribution in [0.2, 0.25) is 0 Å². The van der Waals surface area contributed by atoms with Crippen molar-refractivity contribution in [1.29, 1.82) is 0 Å². The van der Waals surface area contributed by atoms with Gasteiger partial charge in [-0.25, -0.2) is 0 Å². The van der Waals surface area contributed by atoms with Gasteiger partial charge in [-0.05, 0) is 80.5 Å². The molecule has 7 atom stereocenters. The monoisotopic (exact) mass is 334 g/mol. The zero-order chi connectivity index (χ0) is 16.9. The summed E-state index contributed by atoms with van der Waals surface area (Å²) in [6, 6.07) is 0. The summed E-state index contributed by atoms with van der Waals surface area (Å²) in [5, 5.41) is 9.01. The molecule has 0 bridgehead atoms. The number of carbonyl (C=O) groups is 1. The van der Waals surface area contributed by atoms with Crippen LogP contribution in [-0.4, -0.2) is 30.2 Å². The van der Waals surface area contributed by atoms with Gasteiger partial charge in [0.15, 0.2) is 0 Å². The molecule has 0 amide bonds. The Morgan fingerprint density at radius 2 is 1.92 bits per heavy atom. The van der Waals surface area contributed by atoms with E-state index in [0.717, 1.165) is 43.4 Å². The molecule has 0 aromatic rings. The van der Waals surface area contributed by atoms with Crippen LogP contribution in [0.25, 0.3) is 0 Å². The lowest BCUT2D eigenvalue weighted by Gasteiger charge is -2.60. The molecule has 0 aromatic carbocycles. The SMILES string of the molecule is C[C@]12CC[C@H](OCCO)C[C@@H]1CC[C@@H]1[C@@H]2CC[C@]2(C)C(=O)CC[C@@H]12. The first-order valence-electron chi connectivity index (χ1n) is 10.2. The van der Waals surface area contributed by atoms with Crippen molar-refractivity contribution in [2.24, 2.45) is 34.5 Å². The Bertz CT molecular complexity index is 503. The second kappa shape index (κ2) is 6.09. The van der Waals surface area contributed by atoms with Gasteiger partial charge in [0.05, 0.1) is 19.3 Å². The van der Waals surface area contributed by atoms with E-state index in [1.165, 1.54) is 32.1 Å². The van der Waals surface area contributed by atoms with Crippen molar-refractivity contribution in [3.05, 3.63) is 0 Å². The van der Waals surface area contributed by atoms with E-state index in [9.17, 15) is 4.79 Å². The molecule has 4 saturated carbocycles. The maximum Gasteiger partial charge on any atom is 0.139 e. The first-order chi connectivity index (χ1) is 11.5. The quantitative estimate of drug-likeness (QED) is 0.849. The summed E-state index contributed by atoms with van der Waals surface area (Å²) in [6.45, 7) is 5.45. The molecule has 0 unspecified atom stereocenters. The van der Waals surface area contributed by atoms with Crippen molar-refractivity contribution < 1.29 is 14.6 Å². The molecule has 3 nitrogen and oxygen atoms in total. The summed E-state index contributed by atoms with van der Waals surface area (Å²) < 4.78 is 5.87. The number of rotatable bonds is 3. The van der Waals surface area contributed by atoms with Gasteiger partial charge in [-0.3, -0.25) is 4.79 Å². The number of fused-ring (bicyclic) bond motifs is 5. The predicted molar refractivity (Wildman–Crippen MR) is 93.6 cm³/mol. The average molecular weight is 335 g/mol. The van der Waals surface area contributed by atoms with Gasteiger partial charge in [0.1, 0.15) is 5.78 Å². The van der Waals surface area contributed by atoms with Gasteiger partial charge < -0.3 is 9.84 Å². The summed E-state index contributed by atoms with van der Waals surface area (Å²) in [5.41, 5.74) is 0.459. The summed E-state index contributed by atoms with van der Waals surface area (Å²) in [6.07, 6.45) is 11.0. The number of Topliss-reactive ketones (excluding diaryl/α,β-unsaturated/α-hetero) is 1. The molecule has 4 aliphatic rings. The first kappa shape index (κ1) is 17.0. The molecule has 0 heterocycles. The molecule has 4 aliphatic carbocycles. The number of aliphatic hydroxyl groups is 1. The molecule has 0 spiro atoms. The lowest BCUT2D eigenvalue weighted by molar-refractivity contribution is -0.145. The molecular weight excluding hydrogens is 300 g/mol. The number of hydrogen-bond acceptors (Lipinski definition) is 3. The topological polar surface area (TPSA) is 46.5 Å². The van der Waals surface area contributed by atoms with Crippen LogP contribution < -0.4 is 0 Å². The van der Waals surface area contributed by atoms with Crippen molar-refractivity contribution in [2.75, 3.05) is 13.2 Å². The van der Waals surface area contributed by atoms with E-state index in [1.54, 1.807) is 0 Å². The maximum absolute atomic E-state index is 12.5. The maximum atomic E-state index is 12.5. The molecule has 1 N–H and O–H groups in total. The molecule has 0 aliphatic heterocycles.